The molecule has 8 heteroatoms. The molecule has 4 rings (SSSR count). The second kappa shape index (κ2) is 9.29. The Morgan fingerprint density at radius 1 is 0.676 bits per heavy atom. The molecule has 0 radical (unpaired) electrons. The summed E-state index contributed by atoms with van der Waals surface area (Å²) >= 11 is 0. The smallest absolute Gasteiger partial charge is 0.303 e. The molecule has 0 N–H and O–H groups in total. The number of amides is 2. The Kier molecular flexibility index (Phi) is 6.41. The zero-order valence-electron chi connectivity index (χ0n) is 19.6. The van der Waals surface area contributed by atoms with Crippen LogP contribution in [0.5, 0.6) is 0 Å². The molecule has 2 aliphatic heterocycles. The Morgan fingerprint density at radius 2 is 1.00 bits per heavy atom. The molecule has 0 aliphatic carbocycles. The molecule has 34 heavy (non-hydrogen) atoms. The average Bonchev–Trinajstić information content (AvgIpc) is 2.83. The van der Waals surface area contributed by atoms with Gasteiger partial charge < -0.3 is 19.3 Å². The number of rotatable bonds is 7. The molecular weight excluding hydrogens is 436 g/mol. The summed E-state index contributed by atoms with van der Waals surface area (Å²) in [5, 5.41) is 0. The van der Waals surface area contributed by atoms with Crippen molar-refractivity contribution >= 4 is 23.8 Å². The Morgan fingerprint density at radius 3 is 1.29 bits per heavy atom. The van der Waals surface area contributed by atoms with Crippen molar-refractivity contribution in [1.29, 1.82) is 0 Å². The van der Waals surface area contributed by atoms with E-state index in [-0.39, 0.29) is 23.9 Å². The molecule has 0 spiro atoms. The van der Waals surface area contributed by atoms with Gasteiger partial charge in [0, 0.05) is 13.8 Å². The monoisotopic (exact) mass is 464 g/mol. The molecular formula is C26H28N2O6. The average molecular weight is 465 g/mol. The van der Waals surface area contributed by atoms with E-state index in [9.17, 15) is 19.2 Å². The first-order valence-corrected chi connectivity index (χ1v) is 11.3. The number of β-lactam (4-membered cyclic amide) rings is 2. The van der Waals surface area contributed by atoms with Gasteiger partial charge in [0.2, 0.25) is 12.2 Å². The largest absolute Gasteiger partial charge is 0.450 e. The summed E-state index contributed by atoms with van der Waals surface area (Å²) in [4.78, 5) is 53.2. The Bertz CT molecular complexity index is 1000. The van der Waals surface area contributed by atoms with Gasteiger partial charge in [0.1, 0.15) is 12.1 Å². The van der Waals surface area contributed by atoms with Crippen LogP contribution in [0.25, 0.3) is 0 Å². The van der Waals surface area contributed by atoms with Gasteiger partial charge in [0.05, 0.1) is 12.1 Å². The van der Waals surface area contributed by atoms with Crippen molar-refractivity contribution in [2.45, 2.75) is 64.1 Å². The maximum absolute atomic E-state index is 13.2. The highest BCUT2D eigenvalue weighted by Gasteiger charge is 2.66. The molecule has 2 aliphatic rings. The van der Waals surface area contributed by atoms with E-state index < -0.39 is 36.2 Å². The van der Waals surface area contributed by atoms with Crippen LogP contribution in [0.3, 0.4) is 0 Å². The minimum absolute atomic E-state index is 0.340. The van der Waals surface area contributed by atoms with E-state index in [2.05, 4.69) is 0 Å². The molecule has 0 unspecified atom stereocenters. The maximum atomic E-state index is 13.2. The van der Waals surface area contributed by atoms with Gasteiger partial charge >= 0.3 is 11.9 Å². The summed E-state index contributed by atoms with van der Waals surface area (Å²) in [5.41, 5.74) is 1.80. The Labute approximate surface area is 198 Å². The molecule has 0 bridgehead atoms. The van der Waals surface area contributed by atoms with Gasteiger partial charge in [-0.1, -0.05) is 60.7 Å². The number of benzene rings is 2. The highest BCUT2D eigenvalue weighted by Crippen LogP contribution is 2.44. The van der Waals surface area contributed by atoms with Gasteiger partial charge in [-0.25, -0.2) is 0 Å². The van der Waals surface area contributed by atoms with Crippen molar-refractivity contribution in [3.8, 4) is 0 Å². The van der Waals surface area contributed by atoms with Gasteiger partial charge in [-0.15, -0.1) is 0 Å². The van der Waals surface area contributed by atoms with E-state index >= 15 is 0 Å². The second-order valence-corrected chi connectivity index (χ2v) is 8.71. The van der Waals surface area contributed by atoms with Gasteiger partial charge in [-0.05, 0) is 25.0 Å². The van der Waals surface area contributed by atoms with Crippen molar-refractivity contribution in [3.05, 3.63) is 71.8 Å². The first kappa shape index (κ1) is 23.5. The molecule has 2 aromatic rings. The van der Waals surface area contributed by atoms with Gasteiger partial charge in [0.25, 0.3) is 11.8 Å². The van der Waals surface area contributed by atoms with Crippen LogP contribution in [0.15, 0.2) is 60.7 Å². The fourth-order valence-corrected chi connectivity index (χ4v) is 4.97. The molecule has 178 valence electrons. The van der Waals surface area contributed by atoms with E-state index in [1.165, 1.54) is 13.8 Å². The predicted octanol–water partition coefficient (Wildman–Crippen LogP) is 2.79. The van der Waals surface area contributed by atoms with Crippen LogP contribution < -0.4 is 0 Å². The number of esters is 2. The molecule has 2 amide bonds. The molecule has 0 saturated carbocycles. The Balaban J connectivity index is 1.72. The third-order valence-corrected chi connectivity index (χ3v) is 6.59. The van der Waals surface area contributed by atoms with Crippen molar-refractivity contribution in [2.75, 3.05) is 0 Å². The first-order chi connectivity index (χ1) is 16.2. The van der Waals surface area contributed by atoms with Crippen LogP contribution in [-0.4, -0.2) is 57.8 Å². The quantitative estimate of drug-likeness (QED) is 0.462. The minimum Gasteiger partial charge on any atom is -0.450 e. The van der Waals surface area contributed by atoms with Crippen LogP contribution in [0.4, 0.5) is 0 Å². The van der Waals surface area contributed by atoms with Crippen LogP contribution in [0.1, 0.15) is 50.9 Å². The van der Waals surface area contributed by atoms with E-state index in [1.807, 2.05) is 74.5 Å². The van der Waals surface area contributed by atoms with Crippen LogP contribution in [0.2, 0.25) is 0 Å². The maximum Gasteiger partial charge on any atom is 0.303 e. The first-order valence-electron chi connectivity index (χ1n) is 11.3. The zero-order valence-corrected chi connectivity index (χ0v) is 19.6. The number of hydrogen-bond acceptors (Lipinski definition) is 6. The molecule has 0 aromatic heterocycles. The number of likely N-dealkylation sites (tertiary alicyclic amines) is 2. The summed E-state index contributed by atoms with van der Waals surface area (Å²) in [6.07, 6.45) is -2.13. The van der Waals surface area contributed by atoms with Crippen molar-refractivity contribution in [3.63, 3.8) is 0 Å². The van der Waals surface area contributed by atoms with Crippen LogP contribution >= 0.6 is 0 Å². The van der Waals surface area contributed by atoms with Crippen LogP contribution in [0, 0.1) is 0 Å². The van der Waals surface area contributed by atoms with E-state index in [4.69, 9.17) is 9.47 Å². The lowest BCUT2D eigenvalue weighted by atomic mass is 9.78. The number of carbonyl (C=O) groups is 4. The molecule has 6 atom stereocenters. The van der Waals surface area contributed by atoms with Gasteiger partial charge in [-0.3, -0.25) is 19.2 Å². The fourth-order valence-electron chi connectivity index (χ4n) is 4.97. The number of carbonyl (C=O) groups excluding carboxylic acids is 4. The summed E-state index contributed by atoms with van der Waals surface area (Å²) in [6.45, 7) is 6.26. The normalized spacial score (nSPS) is 25.6. The fraction of sp³-hybridized carbons (Fsp3) is 0.385. The van der Waals surface area contributed by atoms with Crippen molar-refractivity contribution in [2.24, 2.45) is 0 Å². The lowest BCUT2D eigenvalue weighted by Crippen LogP contribution is -2.81. The number of ether oxygens (including phenoxy) is 2. The summed E-state index contributed by atoms with van der Waals surface area (Å²) in [7, 11) is 0. The number of hydrogen-bond donors (Lipinski definition) is 0. The SMILES string of the molecule is CC(=O)O[C@H]1C(=O)N([C@@H](C)c2ccccc2)[C@H]1[C@H]1[C@@H](OC(C)=O)C(=O)N1[C@@H](C)c1ccccc1. The summed E-state index contributed by atoms with van der Waals surface area (Å²) in [5.74, 6) is -1.87. The lowest BCUT2D eigenvalue weighted by Gasteiger charge is -2.60. The molecule has 2 heterocycles. The van der Waals surface area contributed by atoms with Gasteiger partial charge in [0.15, 0.2) is 0 Å². The van der Waals surface area contributed by atoms with E-state index in [0.29, 0.717) is 0 Å². The Hall–Kier alpha value is -3.68. The topological polar surface area (TPSA) is 93.2 Å². The summed E-state index contributed by atoms with van der Waals surface area (Å²) < 4.78 is 10.8. The highest BCUT2D eigenvalue weighted by atomic mass is 16.6. The minimum atomic E-state index is -1.06. The highest BCUT2D eigenvalue weighted by molar-refractivity contribution is 5.95. The molecule has 2 fully saturated rings. The standard InChI is InChI=1S/C26H28N2O6/c1-15(19-11-7-5-8-12-19)27-21(23(25(27)31)33-17(3)29)22-24(34-18(4)30)26(32)28(22)16(2)20-13-9-6-10-14-20/h5-16,21-24H,1-4H3/t15-,16-,21-,22-,23+,24+/m0/s1. The predicted molar refractivity (Wildman–Crippen MR) is 122 cm³/mol. The second-order valence-electron chi connectivity index (χ2n) is 8.71. The summed E-state index contributed by atoms with van der Waals surface area (Å²) in [6, 6.07) is 16.9. The van der Waals surface area contributed by atoms with Crippen LogP contribution in [-0.2, 0) is 28.7 Å². The molecule has 8 nitrogen and oxygen atoms in total. The van der Waals surface area contributed by atoms with E-state index in [1.54, 1.807) is 9.80 Å². The van der Waals surface area contributed by atoms with Crippen molar-refractivity contribution in [1.82, 2.24) is 9.80 Å². The third-order valence-electron chi connectivity index (χ3n) is 6.59. The molecule has 2 saturated heterocycles. The number of nitrogens with zero attached hydrogens (tertiary/aromatic N) is 2. The molecule has 2 aromatic carbocycles. The third kappa shape index (κ3) is 4.04. The van der Waals surface area contributed by atoms with Crippen molar-refractivity contribution < 1.29 is 28.7 Å². The van der Waals surface area contributed by atoms with E-state index in [0.717, 1.165) is 11.1 Å². The van der Waals surface area contributed by atoms with Gasteiger partial charge in [-0.2, -0.15) is 0 Å². The zero-order chi connectivity index (χ0) is 24.6. The lowest BCUT2D eigenvalue weighted by molar-refractivity contribution is -0.217.